The lowest BCUT2D eigenvalue weighted by atomic mass is 10.0. The van der Waals surface area contributed by atoms with Crippen LogP contribution in [0.25, 0.3) is 0 Å². The molecule has 0 spiro atoms. The summed E-state index contributed by atoms with van der Waals surface area (Å²) in [4.78, 5) is 4.33. The Balaban J connectivity index is 1.68. The molecule has 2 rings (SSSR count). The minimum absolute atomic E-state index is 0.668. The maximum Gasteiger partial charge on any atom is 0.208 e. The van der Waals surface area contributed by atoms with E-state index in [2.05, 4.69) is 24.1 Å². The predicted octanol–water partition coefficient (Wildman–Crippen LogP) is 3.54. The highest BCUT2D eigenvalue weighted by atomic mass is 16.4. The van der Waals surface area contributed by atoms with Crippen LogP contribution >= 0.6 is 0 Å². The fourth-order valence-corrected chi connectivity index (χ4v) is 2.66. The summed E-state index contributed by atoms with van der Waals surface area (Å²) >= 11 is 0. The van der Waals surface area contributed by atoms with E-state index >= 15 is 0 Å². The van der Waals surface area contributed by atoms with Gasteiger partial charge in [-0.05, 0) is 24.8 Å². The third-order valence-corrected chi connectivity index (χ3v) is 3.70. The molecule has 0 aliphatic heterocycles. The first-order chi connectivity index (χ1) is 8.74. The largest absolute Gasteiger partial charge is 0.444 e. The van der Waals surface area contributed by atoms with Crippen LogP contribution in [-0.2, 0) is 13.0 Å². The molecule has 18 heavy (non-hydrogen) atoms. The van der Waals surface area contributed by atoms with Gasteiger partial charge in [-0.25, -0.2) is 4.98 Å². The Morgan fingerprint density at radius 1 is 1.39 bits per heavy atom. The lowest BCUT2D eigenvalue weighted by molar-refractivity contribution is 0.406. The molecule has 1 aliphatic rings. The summed E-state index contributed by atoms with van der Waals surface area (Å²) in [7, 11) is 0. The molecule has 102 valence electrons. The Kier molecular flexibility index (Phi) is 5.24. The van der Waals surface area contributed by atoms with E-state index in [1.807, 2.05) is 6.20 Å². The van der Waals surface area contributed by atoms with Crippen molar-refractivity contribution < 1.29 is 4.42 Å². The summed E-state index contributed by atoms with van der Waals surface area (Å²) in [5.74, 6) is 3.49. The van der Waals surface area contributed by atoms with Crippen molar-refractivity contribution in [1.29, 1.82) is 0 Å². The third kappa shape index (κ3) is 4.45. The summed E-state index contributed by atoms with van der Waals surface area (Å²) in [5, 5.41) is 3.36. The van der Waals surface area contributed by atoms with E-state index in [-0.39, 0.29) is 0 Å². The predicted molar refractivity (Wildman–Crippen MR) is 73.3 cm³/mol. The van der Waals surface area contributed by atoms with Gasteiger partial charge in [-0.3, -0.25) is 0 Å². The van der Waals surface area contributed by atoms with Gasteiger partial charge in [0, 0.05) is 6.42 Å². The van der Waals surface area contributed by atoms with Gasteiger partial charge < -0.3 is 9.73 Å². The number of aromatic nitrogens is 1. The molecule has 0 saturated heterocycles. The van der Waals surface area contributed by atoms with Gasteiger partial charge in [0.1, 0.15) is 5.76 Å². The molecule has 1 aromatic rings. The van der Waals surface area contributed by atoms with Crippen LogP contribution in [0.15, 0.2) is 10.6 Å². The summed E-state index contributed by atoms with van der Waals surface area (Å²) < 4.78 is 5.75. The SMILES string of the molecule is CC(C)CNCc1ncc(CCC2CCCC2)o1. The van der Waals surface area contributed by atoms with E-state index in [4.69, 9.17) is 4.42 Å². The molecular formula is C15H26N2O. The fraction of sp³-hybridized carbons (Fsp3) is 0.800. The van der Waals surface area contributed by atoms with Crippen molar-refractivity contribution in [2.75, 3.05) is 6.54 Å². The molecule has 1 aliphatic carbocycles. The van der Waals surface area contributed by atoms with E-state index in [1.165, 1.54) is 32.1 Å². The van der Waals surface area contributed by atoms with Crippen molar-refractivity contribution in [2.24, 2.45) is 11.8 Å². The molecule has 3 heteroatoms. The average Bonchev–Trinajstić information content (AvgIpc) is 2.96. The van der Waals surface area contributed by atoms with Crippen LogP contribution < -0.4 is 5.32 Å². The van der Waals surface area contributed by atoms with Crippen molar-refractivity contribution in [3.8, 4) is 0 Å². The Hall–Kier alpha value is -0.830. The van der Waals surface area contributed by atoms with Gasteiger partial charge in [0.2, 0.25) is 5.89 Å². The molecule has 1 saturated carbocycles. The number of rotatable bonds is 7. The molecular weight excluding hydrogens is 224 g/mol. The maximum atomic E-state index is 5.75. The Morgan fingerprint density at radius 2 is 2.17 bits per heavy atom. The van der Waals surface area contributed by atoms with Crippen LogP contribution in [0.3, 0.4) is 0 Å². The van der Waals surface area contributed by atoms with Gasteiger partial charge in [-0.15, -0.1) is 0 Å². The standard InChI is InChI=1S/C15H26N2O/c1-12(2)9-16-11-15-17-10-14(18-15)8-7-13-5-3-4-6-13/h10,12-13,16H,3-9,11H2,1-2H3. The van der Waals surface area contributed by atoms with Gasteiger partial charge in [-0.2, -0.15) is 0 Å². The monoisotopic (exact) mass is 250 g/mol. The molecule has 0 atom stereocenters. The first-order valence-electron chi connectivity index (χ1n) is 7.38. The first-order valence-corrected chi connectivity index (χ1v) is 7.38. The fourth-order valence-electron chi connectivity index (χ4n) is 2.66. The van der Waals surface area contributed by atoms with Crippen LogP contribution in [0, 0.1) is 11.8 Å². The normalized spacial score (nSPS) is 16.8. The second-order valence-corrected chi connectivity index (χ2v) is 5.93. The smallest absolute Gasteiger partial charge is 0.208 e. The van der Waals surface area contributed by atoms with Crippen LogP contribution in [-0.4, -0.2) is 11.5 Å². The van der Waals surface area contributed by atoms with E-state index < -0.39 is 0 Å². The molecule has 0 bridgehead atoms. The lowest BCUT2D eigenvalue weighted by Gasteiger charge is -2.06. The Bertz CT molecular complexity index is 340. The molecule has 3 nitrogen and oxygen atoms in total. The quantitative estimate of drug-likeness (QED) is 0.804. The highest BCUT2D eigenvalue weighted by Crippen LogP contribution is 2.28. The van der Waals surface area contributed by atoms with Crippen molar-refractivity contribution >= 4 is 0 Å². The molecule has 1 heterocycles. The summed E-state index contributed by atoms with van der Waals surface area (Å²) in [6.07, 6.45) is 9.90. The molecule has 0 radical (unpaired) electrons. The molecule has 0 aromatic carbocycles. The van der Waals surface area contributed by atoms with Crippen LogP contribution in [0.1, 0.15) is 57.6 Å². The van der Waals surface area contributed by atoms with Crippen molar-refractivity contribution in [2.45, 2.75) is 58.9 Å². The summed E-state index contributed by atoms with van der Waals surface area (Å²) in [5.41, 5.74) is 0. The third-order valence-electron chi connectivity index (χ3n) is 3.70. The number of aryl methyl sites for hydroxylation is 1. The van der Waals surface area contributed by atoms with E-state index in [9.17, 15) is 0 Å². The first kappa shape index (κ1) is 13.6. The van der Waals surface area contributed by atoms with Crippen molar-refractivity contribution in [3.63, 3.8) is 0 Å². The maximum absolute atomic E-state index is 5.75. The van der Waals surface area contributed by atoms with Gasteiger partial charge in [0.25, 0.3) is 0 Å². The number of nitrogens with one attached hydrogen (secondary N) is 1. The van der Waals surface area contributed by atoms with Gasteiger partial charge in [0.05, 0.1) is 12.7 Å². The van der Waals surface area contributed by atoms with E-state index in [0.717, 1.165) is 37.1 Å². The van der Waals surface area contributed by atoms with Gasteiger partial charge in [-0.1, -0.05) is 39.5 Å². The highest BCUT2D eigenvalue weighted by Gasteiger charge is 2.15. The van der Waals surface area contributed by atoms with Crippen LogP contribution in [0.4, 0.5) is 0 Å². The summed E-state index contributed by atoms with van der Waals surface area (Å²) in [6, 6.07) is 0. The van der Waals surface area contributed by atoms with Gasteiger partial charge >= 0.3 is 0 Å². The molecule has 1 N–H and O–H groups in total. The van der Waals surface area contributed by atoms with Crippen LogP contribution in [0.5, 0.6) is 0 Å². The van der Waals surface area contributed by atoms with Crippen molar-refractivity contribution in [3.05, 3.63) is 17.8 Å². The minimum atomic E-state index is 0.668. The second kappa shape index (κ2) is 6.93. The van der Waals surface area contributed by atoms with E-state index in [1.54, 1.807) is 0 Å². The molecule has 1 aromatic heterocycles. The number of nitrogens with zero attached hydrogens (tertiary/aromatic N) is 1. The highest BCUT2D eigenvalue weighted by molar-refractivity contribution is 4.94. The number of hydrogen-bond donors (Lipinski definition) is 1. The zero-order chi connectivity index (χ0) is 12.8. The van der Waals surface area contributed by atoms with E-state index in [0.29, 0.717) is 5.92 Å². The average molecular weight is 250 g/mol. The zero-order valence-electron chi connectivity index (χ0n) is 11.7. The molecule has 1 fully saturated rings. The second-order valence-electron chi connectivity index (χ2n) is 5.93. The number of hydrogen-bond acceptors (Lipinski definition) is 3. The topological polar surface area (TPSA) is 38.1 Å². The lowest BCUT2D eigenvalue weighted by Crippen LogP contribution is -2.19. The molecule has 0 amide bonds. The van der Waals surface area contributed by atoms with Crippen LogP contribution in [0.2, 0.25) is 0 Å². The number of oxazole rings is 1. The Morgan fingerprint density at radius 3 is 2.89 bits per heavy atom. The minimum Gasteiger partial charge on any atom is -0.444 e. The molecule has 0 unspecified atom stereocenters. The van der Waals surface area contributed by atoms with Crippen molar-refractivity contribution in [1.82, 2.24) is 10.3 Å². The Labute approximate surface area is 110 Å². The summed E-state index contributed by atoms with van der Waals surface area (Å²) in [6.45, 7) is 6.17. The zero-order valence-corrected chi connectivity index (χ0v) is 11.7. The van der Waals surface area contributed by atoms with Gasteiger partial charge in [0.15, 0.2) is 0 Å².